The second-order valence-electron chi connectivity index (χ2n) is 13.9. The molecule has 12 heteroatoms. The van der Waals surface area contributed by atoms with Crippen LogP contribution in [0.4, 0.5) is 0 Å². The topological polar surface area (TPSA) is 156 Å². The number of carbonyl (C=O) groups excluding carboxylic acids is 3. The van der Waals surface area contributed by atoms with Crippen molar-refractivity contribution in [1.29, 1.82) is 0 Å². The predicted molar refractivity (Wildman–Crippen MR) is 203 cm³/mol. The Labute approximate surface area is 307 Å². The number of sulfonamides is 1. The fraction of sp³-hybridized carbons (Fsp3) is 0.375. The Morgan fingerprint density at radius 2 is 1.40 bits per heavy atom. The van der Waals surface area contributed by atoms with Gasteiger partial charge in [-0.3, -0.25) is 19.1 Å². The van der Waals surface area contributed by atoms with Crippen molar-refractivity contribution in [1.82, 2.24) is 25.3 Å². The SMILES string of the molecule is CCCCCCCOc1ccc(-c2cnc(-c3ccc(C[C@H](NC(=O)c4ccc(C(C)(C)C)cc4)C(=O)NCC(=O)NS(C)(=O)=O)cc3)nc2)cc1. The Balaban J connectivity index is 1.41. The number of amides is 3. The molecular formula is C40H49N5O6S. The Morgan fingerprint density at radius 3 is 2.00 bits per heavy atom. The van der Waals surface area contributed by atoms with Gasteiger partial charge in [-0.05, 0) is 52.8 Å². The summed E-state index contributed by atoms with van der Waals surface area (Å²) in [5.74, 6) is -0.650. The summed E-state index contributed by atoms with van der Waals surface area (Å²) in [5.41, 5.74) is 4.66. The van der Waals surface area contributed by atoms with E-state index in [4.69, 9.17) is 4.74 Å². The van der Waals surface area contributed by atoms with E-state index in [9.17, 15) is 22.8 Å². The predicted octanol–water partition coefficient (Wildman–Crippen LogP) is 5.99. The smallest absolute Gasteiger partial charge is 0.252 e. The molecule has 0 aliphatic carbocycles. The Kier molecular flexibility index (Phi) is 14.0. The summed E-state index contributed by atoms with van der Waals surface area (Å²) in [7, 11) is -3.80. The zero-order valence-corrected chi connectivity index (χ0v) is 31.4. The molecule has 1 heterocycles. The van der Waals surface area contributed by atoms with Crippen LogP contribution in [0.5, 0.6) is 5.75 Å². The maximum absolute atomic E-state index is 13.2. The Morgan fingerprint density at radius 1 is 0.788 bits per heavy atom. The third-order valence-corrected chi connectivity index (χ3v) is 8.96. The van der Waals surface area contributed by atoms with Crippen LogP contribution in [-0.2, 0) is 31.4 Å². The summed E-state index contributed by atoms with van der Waals surface area (Å²) >= 11 is 0. The number of aromatic nitrogens is 2. The second-order valence-corrected chi connectivity index (χ2v) is 15.6. The highest BCUT2D eigenvalue weighted by molar-refractivity contribution is 7.89. The zero-order valence-electron chi connectivity index (χ0n) is 30.6. The normalized spacial score (nSPS) is 12.1. The van der Waals surface area contributed by atoms with E-state index in [-0.39, 0.29) is 11.8 Å². The molecule has 52 heavy (non-hydrogen) atoms. The first kappa shape index (κ1) is 39.7. The van der Waals surface area contributed by atoms with Gasteiger partial charge in [-0.2, -0.15) is 0 Å². The van der Waals surface area contributed by atoms with Gasteiger partial charge in [-0.25, -0.2) is 18.4 Å². The van der Waals surface area contributed by atoms with Crippen LogP contribution in [0.15, 0.2) is 85.2 Å². The van der Waals surface area contributed by atoms with Gasteiger partial charge in [0.25, 0.3) is 11.8 Å². The van der Waals surface area contributed by atoms with Gasteiger partial charge in [-0.1, -0.05) is 102 Å². The first-order chi connectivity index (χ1) is 24.7. The van der Waals surface area contributed by atoms with Crippen molar-refractivity contribution in [2.75, 3.05) is 19.4 Å². The van der Waals surface area contributed by atoms with Gasteiger partial charge < -0.3 is 15.4 Å². The summed E-state index contributed by atoms with van der Waals surface area (Å²) in [6.07, 6.45) is 10.4. The van der Waals surface area contributed by atoms with E-state index in [2.05, 4.69) is 48.3 Å². The number of nitrogens with zero attached hydrogens (tertiary/aromatic N) is 2. The van der Waals surface area contributed by atoms with Crippen LogP contribution < -0.4 is 20.1 Å². The lowest BCUT2D eigenvalue weighted by molar-refractivity contribution is -0.126. The van der Waals surface area contributed by atoms with Crippen molar-refractivity contribution < 1.29 is 27.5 Å². The molecule has 0 spiro atoms. The lowest BCUT2D eigenvalue weighted by atomic mass is 9.86. The molecule has 0 unspecified atom stereocenters. The maximum atomic E-state index is 13.2. The van der Waals surface area contributed by atoms with E-state index in [0.29, 0.717) is 18.0 Å². The van der Waals surface area contributed by atoms with Crippen molar-refractivity contribution in [2.24, 2.45) is 0 Å². The molecule has 276 valence electrons. The van der Waals surface area contributed by atoms with Crippen molar-refractivity contribution in [2.45, 2.75) is 77.7 Å². The molecular weight excluding hydrogens is 679 g/mol. The molecule has 0 aliphatic rings. The van der Waals surface area contributed by atoms with E-state index >= 15 is 0 Å². The molecule has 0 saturated heterocycles. The molecule has 0 bridgehead atoms. The molecule has 4 aromatic rings. The molecule has 1 atom stereocenters. The van der Waals surface area contributed by atoms with Crippen LogP contribution in [-0.4, -0.2) is 61.6 Å². The molecule has 0 fully saturated rings. The van der Waals surface area contributed by atoms with E-state index in [1.54, 1.807) is 24.5 Å². The molecule has 0 radical (unpaired) electrons. The van der Waals surface area contributed by atoms with Gasteiger partial charge in [0.1, 0.15) is 11.8 Å². The summed E-state index contributed by atoms with van der Waals surface area (Å²) in [6, 6.07) is 21.3. The highest BCUT2D eigenvalue weighted by Gasteiger charge is 2.24. The summed E-state index contributed by atoms with van der Waals surface area (Å²) in [5, 5.41) is 5.20. The van der Waals surface area contributed by atoms with Crippen molar-refractivity contribution in [3.8, 4) is 28.3 Å². The number of unbranched alkanes of at least 4 members (excludes halogenated alkanes) is 4. The van der Waals surface area contributed by atoms with Crippen molar-refractivity contribution in [3.63, 3.8) is 0 Å². The molecule has 0 saturated carbocycles. The number of hydrogen-bond acceptors (Lipinski definition) is 8. The number of benzene rings is 3. The molecule has 3 aromatic carbocycles. The van der Waals surface area contributed by atoms with Crippen molar-refractivity contribution in [3.05, 3.63) is 102 Å². The third kappa shape index (κ3) is 12.6. The van der Waals surface area contributed by atoms with Crippen LogP contribution in [0.2, 0.25) is 0 Å². The number of carbonyl (C=O) groups is 3. The van der Waals surface area contributed by atoms with Crippen molar-refractivity contribution >= 4 is 27.7 Å². The average Bonchev–Trinajstić information content (AvgIpc) is 3.11. The number of hydrogen-bond donors (Lipinski definition) is 3. The minimum atomic E-state index is -3.80. The minimum absolute atomic E-state index is 0.0993. The average molecular weight is 728 g/mol. The summed E-state index contributed by atoms with van der Waals surface area (Å²) in [6.45, 7) is 8.55. The minimum Gasteiger partial charge on any atom is -0.494 e. The third-order valence-electron chi connectivity index (χ3n) is 8.37. The fourth-order valence-corrected chi connectivity index (χ4v) is 5.88. The molecule has 4 rings (SSSR count). The number of rotatable bonds is 17. The quantitative estimate of drug-likeness (QED) is 0.112. The molecule has 3 amide bonds. The zero-order chi connectivity index (χ0) is 37.7. The van der Waals surface area contributed by atoms with Gasteiger partial charge in [0.05, 0.1) is 19.4 Å². The van der Waals surface area contributed by atoms with Gasteiger partial charge in [-0.15, -0.1) is 0 Å². The van der Waals surface area contributed by atoms with Crippen LogP contribution >= 0.6 is 0 Å². The fourth-order valence-electron chi connectivity index (χ4n) is 5.40. The lowest BCUT2D eigenvalue weighted by Gasteiger charge is -2.20. The highest BCUT2D eigenvalue weighted by atomic mass is 32.2. The monoisotopic (exact) mass is 727 g/mol. The summed E-state index contributed by atoms with van der Waals surface area (Å²) in [4.78, 5) is 47.6. The van der Waals surface area contributed by atoms with Gasteiger partial charge >= 0.3 is 0 Å². The van der Waals surface area contributed by atoms with Gasteiger partial charge in [0, 0.05) is 35.5 Å². The first-order valence-corrected chi connectivity index (χ1v) is 19.5. The maximum Gasteiger partial charge on any atom is 0.252 e. The van der Waals surface area contributed by atoms with Crippen LogP contribution in [0.1, 0.15) is 81.3 Å². The summed E-state index contributed by atoms with van der Waals surface area (Å²) < 4.78 is 30.5. The first-order valence-electron chi connectivity index (χ1n) is 17.6. The standard InChI is InChI=1S/C40H49N5O6S/c1-6-7-8-9-10-23-51-34-21-17-29(18-22-34)32-25-41-37(42-26-32)30-13-11-28(12-14-30)24-35(39(48)43-27-36(46)45-52(5,49)50)44-38(47)31-15-19-33(20-16-31)40(2,3)4/h11-22,25-26,35H,6-10,23-24,27H2,1-5H3,(H,43,48)(H,44,47)(H,45,46)/t35-/m0/s1. The number of nitrogens with one attached hydrogen (secondary N) is 3. The number of ether oxygens (including phenoxy) is 1. The Hall–Kier alpha value is -5.10. The lowest BCUT2D eigenvalue weighted by Crippen LogP contribution is -2.50. The molecule has 11 nitrogen and oxygen atoms in total. The second kappa shape index (κ2) is 18.4. The van der Waals surface area contributed by atoms with Crippen LogP contribution in [0.3, 0.4) is 0 Å². The Bertz CT molecular complexity index is 1890. The largest absolute Gasteiger partial charge is 0.494 e. The highest BCUT2D eigenvalue weighted by Crippen LogP contribution is 2.24. The van der Waals surface area contributed by atoms with E-state index in [1.807, 2.05) is 65.4 Å². The molecule has 1 aromatic heterocycles. The van der Waals surface area contributed by atoms with Gasteiger partial charge in [0.2, 0.25) is 15.9 Å². The van der Waals surface area contributed by atoms with E-state index in [0.717, 1.165) is 46.2 Å². The van der Waals surface area contributed by atoms with Gasteiger partial charge in [0.15, 0.2) is 5.82 Å². The molecule has 0 aliphatic heterocycles. The molecule has 3 N–H and O–H groups in total. The van der Waals surface area contributed by atoms with Crippen LogP contribution in [0, 0.1) is 0 Å². The van der Waals surface area contributed by atoms with E-state index in [1.165, 1.54) is 25.7 Å². The van der Waals surface area contributed by atoms with Crippen LogP contribution in [0.25, 0.3) is 22.5 Å². The van der Waals surface area contributed by atoms with E-state index < -0.39 is 40.3 Å².